The van der Waals surface area contributed by atoms with E-state index in [0.29, 0.717) is 50.3 Å². The van der Waals surface area contributed by atoms with E-state index in [1.54, 1.807) is 22.8 Å². The van der Waals surface area contributed by atoms with Crippen molar-refractivity contribution >= 4 is 17.8 Å². The first kappa shape index (κ1) is 15.5. The van der Waals surface area contributed by atoms with Crippen LogP contribution < -0.4 is 5.32 Å². The average molecular weight is 319 g/mol. The molecule has 0 unspecified atom stereocenters. The number of nitrogens with zero attached hydrogens (tertiary/aromatic N) is 4. The van der Waals surface area contributed by atoms with E-state index in [9.17, 15) is 9.59 Å². The second-order valence-corrected chi connectivity index (χ2v) is 5.69. The molecule has 0 aromatic carbocycles. The van der Waals surface area contributed by atoms with Crippen LogP contribution in [0.25, 0.3) is 0 Å². The summed E-state index contributed by atoms with van der Waals surface area (Å²) < 4.78 is 4.97. The van der Waals surface area contributed by atoms with E-state index < -0.39 is 0 Å². The number of anilines is 1. The molecule has 1 aliphatic heterocycles. The number of aromatic nitrogens is 2. The molecule has 0 radical (unpaired) electrons. The lowest BCUT2D eigenvalue weighted by Crippen LogP contribution is -2.50. The van der Waals surface area contributed by atoms with E-state index in [2.05, 4.69) is 15.3 Å². The SMILES string of the molecule is CCOC(=O)N1CCN(C(=O)c2cc(NC3CC3)ncn2)CC1. The molecule has 1 aromatic heterocycles. The van der Waals surface area contributed by atoms with Gasteiger partial charge in [-0.1, -0.05) is 0 Å². The third kappa shape index (κ3) is 3.88. The van der Waals surface area contributed by atoms with Crippen LogP contribution >= 0.6 is 0 Å². The highest BCUT2D eigenvalue weighted by atomic mass is 16.6. The first-order valence-electron chi connectivity index (χ1n) is 7.97. The van der Waals surface area contributed by atoms with Crippen LogP contribution in [0.15, 0.2) is 12.4 Å². The number of hydrogen-bond donors (Lipinski definition) is 1. The number of amides is 2. The summed E-state index contributed by atoms with van der Waals surface area (Å²) in [6, 6.07) is 2.17. The summed E-state index contributed by atoms with van der Waals surface area (Å²) in [7, 11) is 0. The summed E-state index contributed by atoms with van der Waals surface area (Å²) in [5.74, 6) is 0.561. The number of hydrogen-bond acceptors (Lipinski definition) is 6. The Morgan fingerprint density at radius 2 is 1.91 bits per heavy atom. The maximum absolute atomic E-state index is 12.5. The van der Waals surface area contributed by atoms with Gasteiger partial charge in [-0.3, -0.25) is 4.79 Å². The second-order valence-electron chi connectivity index (χ2n) is 5.69. The smallest absolute Gasteiger partial charge is 0.409 e. The van der Waals surface area contributed by atoms with Gasteiger partial charge in [-0.2, -0.15) is 0 Å². The highest BCUT2D eigenvalue weighted by Crippen LogP contribution is 2.23. The van der Waals surface area contributed by atoms with Gasteiger partial charge in [0.15, 0.2) is 0 Å². The number of piperazine rings is 1. The van der Waals surface area contributed by atoms with Crippen molar-refractivity contribution in [2.45, 2.75) is 25.8 Å². The van der Waals surface area contributed by atoms with E-state index in [1.165, 1.54) is 6.33 Å². The van der Waals surface area contributed by atoms with Crippen molar-refractivity contribution in [1.82, 2.24) is 19.8 Å². The fourth-order valence-corrected chi connectivity index (χ4v) is 2.46. The van der Waals surface area contributed by atoms with Gasteiger partial charge in [-0.15, -0.1) is 0 Å². The molecule has 8 nitrogen and oxygen atoms in total. The standard InChI is InChI=1S/C15H21N5O3/c1-2-23-15(22)20-7-5-19(6-8-20)14(21)12-9-13(17-10-16-12)18-11-3-4-11/h9-11H,2-8H2,1H3,(H,16,17,18). The van der Waals surface area contributed by atoms with Gasteiger partial charge in [0.1, 0.15) is 17.8 Å². The zero-order valence-corrected chi connectivity index (χ0v) is 13.2. The largest absolute Gasteiger partial charge is 0.450 e. The van der Waals surface area contributed by atoms with Gasteiger partial charge < -0.3 is 19.9 Å². The normalized spacial score (nSPS) is 17.8. The van der Waals surface area contributed by atoms with Crippen LogP contribution in [0.4, 0.5) is 10.6 Å². The lowest BCUT2D eigenvalue weighted by molar-refractivity contribution is 0.0566. The number of nitrogens with one attached hydrogen (secondary N) is 1. The Morgan fingerprint density at radius 3 is 2.57 bits per heavy atom. The second kappa shape index (κ2) is 6.80. The molecule has 0 bridgehead atoms. The van der Waals surface area contributed by atoms with Crippen LogP contribution in [0.3, 0.4) is 0 Å². The Bertz CT molecular complexity index is 582. The first-order valence-corrected chi connectivity index (χ1v) is 7.97. The van der Waals surface area contributed by atoms with Crippen LogP contribution in [0.1, 0.15) is 30.3 Å². The summed E-state index contributed by atoms with van der Waals surface area (Å²) in [5, 5.41) is 3.26. The van der Waals surface area contributed by atoms with Crippen molar-refractivity contribution in [2.24, 2.45) is 0 Å². The molecule has 1 saturated heterocycles. The highest BCUT2D eigenvalue weighted by Gasteiger charge is 2.27. The van der Waals surface area contributed by atoms with Crippen molar-refractivity contribution in [2.75, 3.05) is 38.1 Å². The third-order valence-electron chi connectivity index (χ3n) is 3.91. The van der Waals surface area contributed by atoms with Crippen molar-refractivity contribution in [3.05, 3.63) is 18.1 Å². The molecule has 1 aliphatic carbocycles. The van der Waals surface area contributed by atoms with Crippen molar-refractivity contribution < 1.29 is 14.3 Å². The Labute approximate surface area is 134 Å². The van der Waals surface area contributed by atoms with Gasteiger partial charge in [0.05, 0.1) is 6.61 Å². The van der Waals surface area contributed by atoms with Gasteiger partial charge in [0.25, 0.3) is 5.91 Å². The summed E-state index contributed by atoms with van der Waals surface area (Å²) in [6.07, 6.45) is 3.37. The zero-order valence-electron chi connectivity index (χ0n) is 13.2. The van der Waals surface area contributed by atoms with Crippen LogP contribution in [0.5, 0.6) is 0 Å². The number of ether oxygens (including phenoxy) is 1. The molecule has 1 N–H and O–H groups in total. The minimum Gasteiger partial charge on any atom is -0.450 e. The van der Waals surface area contributed by atoms with Crippen molar-refractivity contribution in [1.29, 1.82) is 0 Å². The third-order valence-corrected chi connectivity index (χ3v) is 3.91. The molecule has 3 rings (SSSR count). The zero-order chi connectivity index (χ0) is 16.2. The fourth-order valence-electron chi connectivity index (χ4n) is 2.46. The monoisotopic (exact) mass is 319 g/mol. The summed E-state index contributed by atoms with van der Waals surface area (Å²) in [5.41, 5.74) is 0.382. The first-order chi connectivity index (χ1) is 11.2. The Balaban J connectivity index is 1.57. The molecule has 124 valence electrons. The number of carbonyl (C=O) groups excluding carboxylic acids is 2. The average Bonchev–Trinajstić information content (AvgIpc) is 3.39. The molecule has 0 atom stereocenters. The number of carbonyl (C=O) groups is 2. The lowest BCUT2D eigenvalue weighted by Gasteiger charge is -2.33. The molecule has 1 aromatic rings. The Morgan fingerprint density at radius 1 is 1.22 bits per heavy atom. The minimum atomic E-state index is -0.322. The van der Waals surface area contributed by atoms with Gasteiger partial charge in [-0.05, 0) is 19.8 Å². The van der Waals surface area contributed by atoms with Crippen molar-refractivity contribution in [3.8, 4) is 0 Å². The fraction of sp³-hybridized carbons (Fsp3) is 0.600. The maximum atomic E-state index is 12.5. The molecule has 2 fully saturated rings. The van der Waals surface area contributed by atoms with Crippen LogP contribution in [0, 0.1) is 0 Å². The van der Waals surface area contributed by atoms with E-state index in [4.69, 9.17) is 4.74 Å². The number of rotatable bonds is 4. The van der Waals surface area contributed by atoms with E-state index in [-0.39, 0.29) is 12.0 Å². The summed E-state index contributed by atoms with van der Waals surface area (Å²) >= 11 is 0. The minimum absolute atomic E-state index is 0.130. The predicted octanol–water partition coefficient (Wildman–Crippen LogP) is 0.965. The van der Waals surface area contributed by atoms with Gasteiger partial charge in [0.2, 0.25) is 0 Å². The van der Waals surface area contributed by atoms with E-state index in [1.807, 2.05) is 0 Å². The molecular formula is C15H21N5O3. The highest BCUT2D eigenvalue weighted by molar-refractivity contribution is 5.93. The quantitative estimate of drug-likeness (QED) is 0.889. The molecule has 1 saturated carbocycles. The van der Waals surface area contributed by atoms with Gasteiger partial charge >= 0.3 is 6.09 Å². The summed E-state index contributed by atoms with van der Waals surface area (Å²) in [6.45, 7) is 4.04. The molecule has 0 spiro atoms. The van der Waals surface area contributed by atoms with Gasteiger partial charge in [-0.25, -0.2) is 14.8 Å². The molecule has 2 amide bonds. The lowest BCUT2D eigenvalue weighted by atomic mass is 10.2. The van der Waals surface area contributed by atoms with Crippen LogP contribution in [-0.2, 0) is 4.74 Å². The van der Waals surface area contributed by atoms with Gasteiger partial charge in [0, 0.05) is 38.3 Å². The molecular weight excluding hydrogens is 298 g/mol. The molecule has 2 heterocycles. The molecule has 8 heteroatoms. The molecule has 23 heavy (non-hydrogen) atoms. The van der Waals surface area contributed by atoms with Crippen LogP contribution in [-0.4, -0.2) is 70.6 Å². The maximum Gasteiger partial charge on any atom is 0.409 e. The summed E-state index contributed by atoms with van der Waals surface area (Å²) in [4.78, 5) is 35.7. The van der Waals surface area contributed by atoms with E-state index in [0.717, 1.165) is 12.8 Å². The predicted molar refractivity (Wildman–Crippen MR) is 83.2 cm³/mol. The topological polar surface area (TPSA) is 87.7 Å². The Hall–Kier alpha value is -2.38. The van der Waals surface area contributed by atoms with Crippen LogP contribution in [0.2, 0.25) is 0 Å². The Kier molecular flexibility index (Phi) is 4.59. The van der Waals surface area contributed by atoms with E-state index >= 15 is 0 Å². The van der Waals surface area contributed by atoms with Crippen molar-refractivity contribution in [3.63, 3.8) is 0 Å². The molecule has 2 aliphatic rings.